The molecule has 0 bridgehead atoms. The fourth-order valence-corrected chi connectivity index (χ4v) is 2.99. The minimum Gasteiger partial charge on any atom is -0.309 e. The molecule has 0 radical (unpaired) electrons. The molecule has 0 unspecified atom stereocenters. The summed E-state index contributed by atoms with van der Waals surface area (Å²) < 4.78 is 16.7. The fourth-order valence-electron chi connectivity index (χ4n) is 2.99. The number of carbonyl (C=O) groups excluding carboxylic acids is 1. The molecular weight excluding hydrogens is 345 g/mol. The first-order valence-corrected chi connectivity index (χ1v) is 8.57. The molecule has 0 fully saturated rings. The first kappa shape index (κ1) is 17.0. The van der Waals surface area contributed by atoms with E-state index in [-0.39, 0.29) is 18.3 Å². The summed E-state index contributed by atoms with van der Waals surface area (Å²) in [5.41, 5.74) is 2.45. The van der Waals surface area contributed by atoms with Gasteiger partial charge in [0.1, 0.15) is 18.2 Å². The topological polar surface area (TPSA) is 64.7 Å². The van der Waals surface area contributed by atoms with Crippen LogP contribution in [-0.2, 0) is 17.9 Å². The van der Waals surface area contributed by atoms with Crippen LogP contribution in [0.25, 0.3) is 10.9 Å². The lowest BCUT2D eigenvalue weighted by Crippen LogP contribution is -2.21. The van der Waals surface area contributed by atoms with Gasteiger partial charge in [-0.15, -0.1) is 0 Å². The van der Waals surface area contributed by atoms with Crippen molar-refractivity contribution in [1.29, 1.82) is 0 Å². The van der Waals surface area contributed by atoms with Crippen molar-refractivity contribution in [2.75, 3.05) is 5.32 Å². The number of nitrogens with zero attached hydrogens (tertiary/aromatic N) is 4. The molecule has 4 rings (SSSR count). The van der Waals surface area contributed by atoms with Crippen LogP contribution in [0.1, 0.15) is 11.1 Å². The molecule has 0 aliphatic heterocycles. The Kier molecular flexibility index (Phi) is 4.42. The zero-order valence-corrected chi connectivity index (χ0v) is 14.8. The summed E-state index contributed by atoms with van der Waals surface area (Å²) in [6.45, 7) is 2.33. The van der Waals surface area contributed by atoms with Gasteiger partial charge in [0.15, 0.2) is 0 Å². The lowest BCUT2D eigenvalue weighted by Gasteiger charge is -2.10. The van der Waals surface area contributed by atoms with Crippen molar-refractivity contribution in [3.05, 3.63) is 77.9 Å². The van der Waals surface area contributed by atoms with Gasteiger partial charge in [0.05, 0.1) is 18.3 Å². The van der Waals surface area contributed by atoms with E-state index >= 15 is 0 Å². The highest BCUT2D eigenvalue weighted by molar-refractivity contribution is 5.90. The minimum atomic E-state index is -0.298. The minimum absolute atomic E-state index is 0.0965. The molecule has 4 aromatic rings. The molecule has 0 aliphatic carbocycles. The third kappa shape index (κ3) is 3.72. The second kappa shape index (κ2) is 7.03. The fraction of sp³-hybridized carbons (Fsp3) is 0.150. The van der Waals surface area contributed by atoms with Crippen LogP contribution in [0.5, 0.6) is 0 Å². The molecule has 0 atom stereocenters. The van der Waals surface area contributed by atoms with Gasteiger partial charge in [0.2, 0.25) is 5.91 Å². The van der Waals surface area contributed by atoms with Crippen molar-refractivity contribution in [2.45, 2.75) is 20.0 Å². The van der Waals surface area contributed by atoms with Gasteiger partial charge in [-0.3, -0.25) is 9.48 Å². The number of aryl methyl sites for hydroxylation is 1. The van der Waals surface area contributed by atoms with E-state index in [0.717, 1.165) is 22.0 Å². The van der Waals surface area contributed by atoms with Gasteiger partial charge in [-0.25, -0.2) is 9.07 Å². The van der Waals surface area contributed by atoms with E-state index in [9.17, 15) is 9.18 Å². The van der Waals surface area contributed by atoms with Crippen molar-refractivity contribution >= 4 is 22.6 Å². The quantitative estimate of drug-likeness (QED) is 0.591. The number of hydrogen-bond acceptors (Lipinski definition) is 3. The van der Waals surface area contributed by atoms with E-state index in [1.807, 2.05) is 43.5 Å². The molecule has 7 heteroatoms. The van der Waals surface area contributed by atoms with E-state index in [2.05, 4.69) is 15.5 Å². The highest BCUT2D eigenvalue weighted by Gasteiger charge is 2.13. The Morgan fingerprint density at radius 3 is 2.85 bits per heavy atom. The van der Waals surface area contributed by atoms with Gasteiger partial charge >= 0.3 is 0 Å². The van der Waals surface area contributed by atoms with Crippen LogP contribution >= 0.6 is 0 Å². The standard InChI is InChI=1S/C20H18FN5O/c1-14-10-22-26(11-15-5-4-7-17(21)9-15)20(14)23-19(27)13-25-12-16-6-2-3-8-18(16)24-25/h2-10,12H,11,13H2,1H3,(H,23,27). The molecule has 2 aromatic carbocycles. The number of amides is 1. The summed E-state index contributed by atoms with van der Waals surface area (Å²) in [4.78, 5) is 12.5. The maximum absolute atomic E-state index is 13.4. The maximum Gasteiger partial charge on any atom is 0.247 e. The molecule has 0 aliphatic rings. The highest BCUT2D eigenvalue weighted by Crippen LogP contribution is 2.17. The average molecular weight is 363 g/mol. The summed E-state index contributed by atoms with van der Waals surface area (Å²) in [6.07, 6.45) is 3.52. The monoisotopic (exact) mass is 363 g/mol. The summed E-state index contributed by atoms with van der Waals surface area (Å²) in [5, 5.41) is 12.6. The van der Waals surface area contributed by atoms with E-state index < -0.39 is 0 Å². The van der Waals surface area contributed by atoms with Gasteiger partial charge < -0.3 is 5.32 Å². The lowest BCUT2D eigenvalue weighted by molar-refractivity contribution is -0.116. The number of benzene rings is 2. The number of anilines is 1. The zero-order chi connectivity index (χ0) is 18.8. The molecule has 136 valence electrons. The van der Waals surface area contributed by atoms with Crippen molar-refractivity contribution in [2.24, 2.45) is 0 Å². The number of hydrogen-bond donors (Lipinski definition) is 1. The molecule has 6 nitrogen and oxygen atoms in total. The third-order valence-electron chi connectivity index (χ3n) is 4.27. The van der Waals surface area contributed by atoms with Gasteiger partial charge in [0.25, 0.3) is 0 Å². The van der Waals surface area contributed by atoms with E-state index in [1.165, 1.54) is 12.1 Å². The van der Waals surface area contributed by atoms with Crippen LogP contribution in [0.15, 0.2) is 60.9 Å². The van der Waals surface area contributed by atoms with Crippen LogP contribution in [0.4, 0.5) is 10.2 Å². The number of nitrogens with one attached hydrogen (secondary N) is 1. The van der Waals surface area contributed by atoms with Crippen LogP contribution < -0.4 is 5.32 Å². The Bertz CT molecular complexity index is 1080. The molecule has 1 N–H and O–H groups in total. The Labute approximate surface area is 155 Å². The molecule has 1 amide bonds. The van der Waals surface area contributed by atoms with Crippen LogP contribution in [0.3, 0.4) is 0 Å². The maximum atomic E-state index is 13.4. The van der Waals surface area contributed by atoms with Crippen molar-refractivity contribution in [3.8, 4) is 0 Å². The molecule has 0 saturated heterocycles. The normalized spacial score (nSPS) is 11.0. The molecule has 2 heterocycles. The number of aromatic nitrogens is 4. The number of carbonyl (C=O) groups is 1. The first-order valence-electron chi connectivity index (χ1n) is 8.57. The Hall–Kier alpha value is -3.48. The second-order valence-corrected chi connectivity index (χ2v) is 6.40. The summed E-state index contributed by atoms with van der Waals surface area (Å²) in [6, 6.07) is 14.0. The number of fused-ring (bicyclic) bond motifs is 1. The SMILES string of the molecule is Cc1cnn(Cc2cccc(F)c2)c1NC(=O)Cn1cc2ccccc2n1. The predicted molar refractivity (Wildman–Crippen MR) is 101 cm³/mol. The predicted octanol–water partition coefficient (Wildman–Crippen LogP) is 3.37. The Balaban J connectivity index is 1.50. The zero-order valence-electron chi connectivity index (χ0n) is 14.8. The molecule has 2 aromatic heterocycles. The van der Waals surface area contributed by atoms with E-state index in [0.29, 0.717) is 12.4 Å². The van der Waals surface area contributed by atoms with Gasteiger partial charge in [0, 0.05) is 17.1 Å². The van der Waals surface area contributed by atoms with Crippen LogP contribution in [0.2, 0.25) is 0 Å². The number of halogens is 1. The molecule has 27 heavy (non-hydrogen) atoms. The highest BCUT2D eigenvalue weighted by atomic mass is 19.1. The van der Waals surface area contributed by atoms with Crippen molar-refractivity contribution < 1.29 is 9.18 Å². The first-order chi connectivity index (χ1) is 13.1. The van der Waals surface area contributed by atoms with Gasteiger partial charge in [-0.05, 0) is 30.7 Å². The molecule has 0 spiro atoms. The van der Waals surface area contributed by atoms with E-state index in [1.54, 1.807) is 21.6 Å². The van der Waals surface area contributed by atoms with Crippen molar-refractivity contribution in [1.82, 2.24) is 19.6 Å². The van der Waals surface area contributed by atoms with Gasteiger partial charge in [-0.2, -0.15) is 10.2 Å². The van der Waals surface area contributed by atoms with Gasteiger partial charge in [-0.1, -0.05) is 30.3 Å². The number of rotatable bonds is 5. The van der Waals surface area contributed by atoms with E-state index in [4.69, 9.17) is 0 Å². The lowest BCUT2D eigenvalue weighted by atomic mass is 10.2. The largest absolute Gasteiger partial charge is 0.309 e. The second-order valence-electron chi connectivity index (χ2n) is 6.40. The Morgan fingerprint density at radius 1 is 1.19 bits per heavy atom. The van der Waals surface area contributed by atoms with Crippen LogP contribution in [-0.4, -0.2) is 25.5 Å². The van der Waals surface area contributed by atoms with Crippen molar-refractivity contribution in [3.63, 3.8) is 0 Å². The summed E-state index contributed by atoms with van der Waals surface area (Å²) >= 11 is 0. The third-order valence-corrected chi connectivity index (χ3v) is 4.27. The Morgan fingerprint density at radius 2 is 2.04 bits per heavy atom. The molecular formula is C20H18FN5O. The van der Waals surface area contributed by atoms with Crippen LogP contribution in [0, 0.1) is 12.7 Å². The summed E-state index contributed by atoms with van der Waals surface area (Å²) in [7, 11) is 0. The molecule has 0 saturated carbocycles. The average Bonchev–Trinajstić information content (AvgIpc) is 3.19. The smallest absolute Gasteiger partial charge is 0.247 e. The summed E-state index contributed by atoms with van der Waals surface area (Å²) in [5.74, 6) is 0.0978.